The second-order valence-corrected chi connectivity index (χ2v) is 3.70. The van der Waals surface area contributed by atoms with Gasteiger partial charge < -0.3 is 10.6 Å². The maximum absolute atomic E-state index is 11.7. The van der Waals surface area contributed by atoms with E-state index < -0.39 is 5.91 Å². The van der Waals surface area contributed by atoms with Gasteiger partial charge in [-0.05, 0) is 5.56 Å². The molecule has 1 aromatic rings. The quantitative estimate of drug-likeness (QED) is 0.453. The fraction of sp³-hybridized carbons (Fsp3) is 0.214. The molecule has 0 unspecified atom stereocenters. The van der Waals surface area contributed by atoms with Gasteiger partial charge in [0.15, 0.2) is 0 Å². The van der Waals surface area contributed by atoms with Crippen LogP contribution in [-0.4, -0.2) is 12.5 Å². The molecule has 0 aliphatic heterocycles. The highest BCUT2D eigenvalue weighted by atomic mass is 16.1. The van der Waals surface area contributed by atoms with E-state index in [-0.39, 0.29) is 5.57 Å². The first-order valence-electron chi connectivity index (χ1n) is 5.80. The minimum absolute atomic E-state index is 0.00568. The number of carbonyl (C=O) groups is 1. The van der Waals surface area contributed by atoms with E-state index in [0.29, 0.717) is 19.5 Å². The van der Waals surface area contributed by atoms with Crippen LogP contribution in [-0.2, 0) is 11.3 Å². The normalized spacial score (nSPS) is 10.1. The fourth-order valence-corrected chi connectivity index (χ4v) is 1.32. The number of benzene rings is 1. The third-order valence-electron chi connectivity index (χ3n) is 2.29. The third-order valence-corrected chi connectivity index (χ3v) is 2.29. The molecule has 1 aromatic carbocycles. The molecule has 0 radical (unpaired) electrons. The molecule has 0 fully saturated rings. The number of hydrogen-bond acceptors (Lipinski definition) is 4. The average molecular weight is 254 g/mol. The van der Waals surface area contributed by atoms with E-state index >= 15 is 0 Å². The summed E-state index contributed by atoms with van der Waals surface area (Å²) in [6.45, 7) is 0.782. The molecule has 2 N–H and O–H groups in total. The third kappa shape index (κ3) is 5.38. The van der Waals surface area contributed by atoms with Crippen LogP contribution in [0.4, 0.5) is 0 Å². The smallest absolute Gasteiger partial charge is 0.263 e. The Morgan fingerprint density at radius 2 is 2.00 bits per heavy atom. The van der Waals surface area contributed by atoms with Crippen LogP contribution in [0.25, 0.3) is 0 Å². The van der Waals surface area contributed by atoms with Crippen molar-refractivity contribution in [3.63, 3.8) is 0 Å². The van der Waals surface area contributed by atoms with E-state index in [1.165, 1.54) is 6.20 Å². The van der Waals surface area contributed by atoms with Gasteiger partial charge in [-0.1, -0.05) is 30.3 Å². The summed E-state index contributed by atoms with van der Waals surface area (Å²) in [5.41, 5.74) is 0.958. The van der Waals surface area contributed by atoms with Crippen molar-refractivity contribution in [2.45, 2.75) is 13.0 Å². The van der Waals surface area contributed by atoms with Crippen molar-refractivity contribution in [1.82, 2.24) is 10.6 Å². The summed E-state index contributed by atoms with van der Waals surface area (Å²) in [5, 5.41) is 22.6. The molecule has 0 atom stereocenters. The van der Waals surface area contributed by atoms with E-state index in [9.17, 15) is 4.79 Å². The summed E-state index contributed by atoms with van der Waals surface area (Å²) < 4.78 is 0. The van der Waals surface area contributed by atoms with Crippen molar-refractivity contribution >= 4 is 5.91 Å². The summed E-state index contributed by atoms with van der Waals surface area (Å²) in [6, 6.07) is 13.2. The SMILES string of the molecule is N#CCCN/C=C(/C#N)C(=O)NCc1ccccc1. The number of nitrogens with zero attached hydrogens (tertiary/aromatic N) is 2. The van der Waals surface area contributed by atoms with Crippen molar-refractivity contribution in [2.75, 3.05) is 6.54 Å². The Hall–Kier alpha value is -2.79. The molecule has 0 bridgehead atoms. The Balaban J connectivity index is 2.47. The predicted molar refractivity (Wildman–Crippen MR) is 70.2 cm³/mol. The highest BCUT2D eigenvalue weighted by Gasteiger charge is 2.07. The minimum atomic E-state index is -0.434. The first kappa shape index (κ1) is 14.3. The Labute approximate surface area is 112 Å². The molecule has 0 aliphatic rings. The summed E-state index contributed by atoms with van der Waals surface area (Å²) in [7, 11) is 0. The van der Waals surface area contributed by atoms with Crippen LogP contribution in [0, 0.1) is 22.7 Å². The molecule has 0 spiro atoms. The lowest BCUT2D eigenvalue weighted by Gasteiger charge is -2.04. The topological polar surface area (TPSA) is 88.7 Å². The largest absolute Gasteiger partial charge is 0.389 e. The number of rotatable bonds is 6. The summed E-state index contributed by atoms with van der Waals surface area (Å²) in [6.07, 6.45) is 1.65. The van der Waals surface area contributed by atoms with Crippen molar-refractivity contribution in [1.29, 1.82) is 10.5 Å². The molecule has 96 valence electrons. The molecule has 19 heavy (non-hydrogen) atoms. The van der Waals surface area contributed by atoms with E-state index in [1.54, 1.807) is 0 Å². The molecule has 0 saturated heterocycles. The van der Waals surface area contributed by atoms with E-state index in [4.69, 9.17) is 10.5 Å². The van der Waals surface area contributed by atoms with Crippen LogP contribution in [0.3, 0.4) is 0 Å². The lowest BCUT2D eigenvalue weighted by atomic mass is 10.2. The van der Waals surface area contributed by atoms with Crippen LogP contribution in [0.5, 0.6) is 0 Å². The minimum Gasteiger partial charge on any atom is -0.389 e. The molecule has 0 saturated carbocycles. The van der Waals surface area contributed by atoms with Gasteiger partial charge in [0.05, 0.1) is 12.5 Å². The second-order valence-electron chi connectivity index (χ2n) is 3.70. The molecule has 5 nitrogen and oxygen atoms in total. The van der Waals surface area contributed by atoms with Gasteiger partial charge in [-0.25, -0.2) is 0 Å². The lowest BCUT2D eigenvalue weighted by Crippen LogP contribution is -2.25. The molecule has 0 aliphatic carbocycles. The van der Waals surface area contributed by atoms with Gasteiger partial charge in [0.1, 0.15) is 11.6 Å². The molecule has 0 aromatic heterocycles. The Kier molecular flexibility index (Phi) is 6.25. The summed E-state index contributed by atoms with van der Waals surface area (Å²) in [5.74, 6) is -0.434. The number of nitrogens with one attached hydrogen (secondary N) is 2. The lowest BCUT2D eigenvalue weighted by molar-refractivity contribution is -0.117. The first-order valence-corrected chi connectivity index (χ1v) is 5.80. The maximum Gasteiger partial charge on any atom is 0.263 e. The number of hydrogen-bond donors (Lipinski definition) is 2. The van der Waals surface area contributed by atoms with Crippen LogP contribution in [0.2, 0.25) is 0 Å². The molecule has 0 heterocycles. The van der Waals surface area contributed by atoms with Crippen LogP contribution in [0.15, 0.2) is 42.1 Å². The Morgan fingerprint density at radius 3 is 2.63 bits per heavy atom. The second kappa shape index (κ2) is 8.32. The van der Waals surface area contributed by atoms with Crippen LogP contribution in [0.1, 0.15) is 12.0 Å². The summed E-state index contributed by atoms with van der Waals surface area (Å²) >= 11 is 0. The fourth-order valence-electron chi connectivity index (χ4n) is 1.32. The van der Waals surface area contributed by atoms with Crippen LogP contribution >= 0.6 is 0 Å². The molecular weight excluding hydrogens is 240 g/mol. The number of carbonyl (C=O) groups excluding carboxylic acids is 1. The zero-order chi connectivity index (χ0) is 13.9. The monoisotopic (exact) mass is 254 g/mol. The summed E-state index contributed by atoms with van der Waals surface area (Å²) in [4.78, 5) is 11.7. The van der Waals surface area contributed by atoms with E-state index in [2.05, 4.69) is 10.6 Å². The van der Waals surface area contributed by atoms with Gasteiger partial charge in [-0.15, -0.1) is 0 Å². The average Bonchev–Trinajstić information content (AvgIpc) is 2.46. The molecule has 5 heteroatoms. The highest BCUT2D eigenvalue weighted by molar-refractivity contribution is 5.97. The Bertz CT molecular complexity index is 523. The van der Waals surface area contributed by atoms with Gasteiger partial charge in [0.2, 0.25) is 0 Å². The Morgan fingerprint density at radius 1 is 1.26 bits per heavy atom. The first-order chi connectivity index (χ1) is 9.27. The molecule has 1 amide bonds. The van der Waals surface area contributed by atoms with Crippen LogP contribution < -0.4 is 10.6 Å². The standard InChI is InChI=1S/C14H14N4O/c15-7-4-8-17-11-13(9-16)14(19)18-10-12-5-2-1-3-6-12/h1-3,5-6,11,17H,4,8,10H2,(H,18,19)/b13-11-. The van der Waals surface area contributed by atoms with Gasteiger partial charge in [0, 0.05) is 19.3 Å². The number of amides is 1. The van der Waals surface area contributed by atoms with Crippen molar-refractivity contribution in [3.05, 3.63) is 47.7 Å². The van der Waals surface area contributed by atoms with E-state index in [1.807, 2.05) is 42.5 Å². The van der Waals surface area contributed by atoms with Gasteiger partial charge in [-0.2, -0.15) is 10.5 Å². The van der Waals surface area contributed by atoms with Gasteiger partial charge >= 0.3 is 0 Å². The maximum atomic E-state index is 11.7. The van der Waals surface area contributed by atoms with Crippen molar-refractivity contribution in [3.8, 4) is 12.1 Å². The zero-order valence-corrected chi connectivity index (χ0v) is 10.4. The molecular formula is C14H14N4O. The van der Waals surface area contributed by atoms with Gasteiger partial charge in [0.25, 0.3) is 5.91 Å². The highest BCUT2D eigenvalue weighted by Crippen LogP contribution is 1.98. The zero-order valence-electron chi connectivity index (χ0n) is 10.4. The van der Waals surface area contributed by atoms with Gasteiger partial charge in [-0.3, -0.25) is 4.79 Å². The van der Waals surface area contributed by atoms with Crippen molar-refractivity contribution in [2.24, 2.45) is 0 Å². The van der Waals surface area contributed by atoms with E-state index in [0.717, 1.165) is 5.56 Å². The number of nitriles is 2. The molecule has 1 rings (SSSR count). The predicted octanol–water partition coefficient (Wildman–Crippen LogP) is 1.21. The van der Waals surface area contributed by atoms with Crippen molar-refractivity contribution < 1.29 is 4.79 Å².